The number of aromatic nitrogens is 1. The molecule has 1 atom stereocenters. The van der Waals surface area contributed by atoms with Crippen molar-refractivity contribution < 1.29 is 9.13 Å². The number of hydrogen-bond acceptors (Lipinski definition) is 3. The molecule has 4 heteroatoms. The SMILES string of the molecule is COc1cccc(CNC(c2ccc(F)cc2)C(C)C)n1. The Bertz CT molecular complexity index is 569. The highest BCUT2D eigenvalue weighted by Gasteiger charge is 2.15. The van der Waals surface area contributed by atoms with Gasteiger partial charge in [-0.25, -0.2) is 9.37 Å². The van der Waals surface area contributed by atoms with Crippen LogP contribution in [0.5, 0.6) is 5.88 Å². The molecular formula is C17H21FN2O. The maximum atomic E-state index is 13.0. The standard InChI is InChI=1S/C17H21FN2O/c1-12(2)17(13-7-9-14(18)10-8-13)19-11-15-5-4-6-16(20-15)21-3/h4-10,12,17,19H,11H2,1-3H3. The summed E-state index contributed by atoms with van der Waals surface area (Å²) in [6, 6.07) is 12.5. The van der Waals surface area contributed by atoms with Gasteiger partial charge < -0.3 is 10.1 Å². The van der Waals surface area contributed by atoms with E-state index in [1.807, 2.05) is 30.3 Å². The first-order valence-electron chi connectivity index (χ1n) is 7.09. The van der Waals surface area contributed by atoms with Gasteiger partial charge in [0.15, 0.2) is 0 Å². The van der Waals surface area contributed by atoms with Gasteiger partial charge in [0.2, 0.25) is 5.88 Å². The number of methoxy groups -OCH3 is 1. The third-order valence-corrected chi connectivity index (χ3v) is 3.39. The fourth-order valence-corrected chi connectivity index (χ4v) is 2.29. The Morgan fingerprint density at radius 3 is 2.48 bits per heavy atom. The molecule has 0 spiro atoms. The van der Waals surface area contributed by atoms with Crippen molar-refractivity contribution in [2.24, 2.45) is 5.92 Å². The molecule has 112 valence electrons. The second-order valence-electron chi connectivity index (χ2n) is 5.33. The van der Waals surface area contributed by atoms with Crippen molar-refractivity contribution >= 4 is 0 Å². The lowest BCUT2D eigenvalue weighted by Crippen LogP contribution is -2.25. The quantitative estimate of drug-likeness (QED) is 0.879. The van der Waals surface area contributed by atoms with Crippen LogP contribution in [0.15, 0.2) is 42.5 Å². The Morgan fingerprint density at radius 2 is 1.86 bits per heavy atom. The van der Waals surface area contributed by atoms with Crippen molar-refractivity contribution in [1.82, 2.24) is 10.3 Å². The van der Waals surface area contributed by atoms with Crippen LogP contribution in [-0.2, 0) is 6.54 Å². The van der Waals surface area contributed by atoms with Crippen molar-refractivity contribution in [3.8, 4) is 5.88 Å². The van der Waals surface area contributed by atoms with Gasteiger partial charge in [-0.15, -0.1) is 0 Å². The number of halogens is 1. The van der Waals surface area contributed by atoms with E-state index in [2.05, 4.69) is 24.1 Å². The van der Waals surface area contributed by atoms with E-state index in [-0.39, 0.29) is 11.9 Å². The summed E-state index contributed by atoms with van der Waals surface area (Å²) in [5.41, 5.74) is 2.00. The van der Waals surface area contributed by atoms with Gasteiger partial charge in [0, 0.05) is 18.7 Å². The van der Waals surface area contributed by atoms with E-state index < -0.39 is 0 Å². The van der Waals surface area contributed by atoms with Gasteiger partial charge in [0.1, 0.15) is 5.82 Å². The Hall–Kier alpha value is -1.94. The molecule has 0 bridgehead atoms. The van der Waals surface area contributed by atoms with Crippen molar-refractivity contribution in [2.75, 3.05) is 7.11 Å². The second kappa shape index (κ2) is 7.18. The lowest BCUT2D eigenvalue weighted by Gasteiger charge is -2.23. The fourth-order valence-electron chi connectivity index (χ4n) is 2.29. The molecule has 0 amide bonds. The number of nitrogens with zero attached hydrogens (tertiary/aromatic N) is 1. The maximum Gasteiger partial charge on any atom is 0.213 e. The molecule has 1 N–H and O–H groups in total. The number of benzene rings is 1. The van der Waals surface area contributed by atoms with E-state index in [4.69, 9.17) is 4.74 Å². The predicted octanol–water partition coefficient (Wildman–Crippen LogP) is 3.72. The van der Waals surface area contributed by atoms with Crippen molar-refractivity contribution in [3.63, 3.8) is 0 Å². The smallest absolute Gasteiger partial charge is 0.213 e. The number of ether oxygens (including phenoxy) is 1. The molecular weight excluding hydrogens is 267 g/mol. The average Bonchev–Trinajstić information content (AvgIpc) is 2.49. The van der Waals surface area contributed by atoms with Gasteiger partial charge in [0.25, 0.3) is 0 Å². The summed E-state index contributed by atoms with van der Waals surface area (Å²) >= 11 is 0. The fraction of sp³-hybridized carbons (Fsp3) is 0.353. The third-order valence-electron chi connectivity index (χ3n) is 3.39. The summed E-state index contributed by atoms with van der Waals surface area (Å²) in [7, 11) is 1.61. The highest BCUT2D eigenvalue weighted by atomic mass is 19.1. The monoisotopic (exact) mass is 288 g/mol. The largest absolute Gasteiger partial charge is 0.481 e. The highest BCUT2D eigenvalue weighted by molar-refractivity contribution is 5.21. The first kappa shape index (κ1) is 15.4. The van der Waals surface area contributed by atoms with Crippen LogP contribution < -0.4 is 10.1 Å². The van der Waals surface area contributed by atoms with E-state index in [9.17, 15) is 4.39 Å². The molecule has 0 aliphatic carbocycles. The molecule has 2 aromatic rings. The minimum absolute atomic E-state index is 0.151. The zero-order chi connectivity index (χ0) is 15.2. The first-order valence-corrected chi connectivity index (χ1v) is 7.09. The molecule has 1 aromatic carbocycles. The van der Waals surface area contributed by atoms with E-state index in [1.165, 1.54) is 12.1 Å². The van der Waals surface area contributed by atoms with Crippen LogP contribution in [-0.4, -0.2) is 12.1 Å². The van der Waals surface area contributed by atoms with E-state index in [0.29, 0.717) is 18.3 Å². The molecule has 0 saturated carbocycles. The molecule has 1 unspecified atom stereocenters. The Kier molecular flexibility index (Phi) is 5.28. The van der Waals surface area contributed by atoms with Crippen LogP contribution in [0.2, 0.25) is 0 Å². The summed E-state index contributed by atoms with van der Waals surface area (Å²) in [4.78, 5) is 4.39. The normalized spacial score (nSPS) is 12.4. The predicted molar refractivity (Wildman–Crippen MR) is 81.6 cm³/mol. The molecule has 0 saturated heterocycles. The summed E-state index contributed by atoms with van der Waals surface area (Å²) in [6.07, 6.45) is 0. The summed E-state index contributed by atoms with van der Waals surface area (Å²) in [5, 5.41) is 3.48. The minimum Gasteiger partial charge on any atom is -0.481 e. The van der Waals surface area contributed by atoms with Gasteiger partial charge in [0.05, 0.1) is 12.8 Å². The van der Waals surface area contributed by atoms with Crippen molar-refractivity contribution in [2.45, 2.75) is 26.4 Å². The lowest BCUT2D eigenvalue weighted by atomic mass is 9.96. The van der Waals surface area contributed by atoms with Gasteiger partial charge in [-0.05, 0) is 29.7 Å². The molecule has 0 radical (unpaired) electrons. The Labute approximate surface area is 125 Å². The van der Waals surface area contributed by atoms with Crippen LogP contribution in [0.3, 0.4) is 0 Å². The van der Waals surface area contributed by atoms with Crippen molar-refractivity contribution in [3.05, 3.63) is 59.5 Å². The average molecular weight is 288 g/mol. The molecule has 1 heterocycles. The topological polar surface area (TPSA) is 34.1 Å². The van der Waals surface area contributed by atoms with E-state index in [0.717, 1.165) is 11.3 Å². The van der Waals surface area contributed by atoms with Crippen LogP contribution in [0.25, 0.3) is 0 Å². The molecule has 0 fully saturated rings. The first-order chi connectivity index (χ1) is 10.1. The maximum absolute atomic E-state index is 13.0. The molecule has 0 aliphatic heterocycles. The number of rotatable bonds is 6. The minimum atomic E-state index is -0.212. The van der Waals surface area contributed by atoms with Crippen LogP contribution in [0, 0.1) is 11.7 Å². The number of pyridine rings is 1. The molecule has 1 aromatic heterocycles. The van der Waals surface area contributed by atoms with Gasteiger partial charge >= 0.3 is 0 Å². The van der Waals surface area contributed by atoms with E-state index in [1.54, 1.807) is 7.11 Å². The summed E-state index contributed by atoms with van der Waals surface area (Å²) in [5.74, 6) is 0.786. The Morgan fingerprint density at radius 1 is 1.14 bits per heavy atom. The zero-order valence-electron chi connectivity index (χ0n) is 12.6. The molecule has 2 rings (SSSR count). The third kappa shape index (κ3) is 4.26. The number of hydrogen-bond donors (Lipinski definition) is 1. The molecule has 21 heavy (non-hydrogen) atoms. The van der Waals surface area contributed by atoms with Gasteiger partial charge in [-0.3, -0.25) is 0 Å². The lowest BCUT2D eigenvalue weighted by molar-refractivity contribution is 0.388. The van der Waals surface area contributed by atoms with Crippen molar-refractivity contribution in [1.29, 1.82) is 0 Å². The second-order valence-corrected chi connectivity index (χ2v) is 5.33. The van der Waals surface area contributed by atoms with Crippen LogP contribution >= 0.6 is 0 Å². The zero-order valence-corrected chi connectivity index (χ0v) is 12.6. The molecule has 3 nitrogen and oxygen atoms in total. The highest BCUT2D eigenvalue weighted by Crippen LogP contribution is 2.22. The van der Waals surface area contributed by atoms with Crippen LogP contribution in [0.1, 0.15) is 31.1 Å². The summed E-state index contributed by atoms with van der Waals surface area (Å²) < 4.78 is 18.2. The van der Waals surface area contributed by atoms with Gasteiger partial charge in [-0.1, -0.05) is 32.0 Å². The van der Waals surface area contributed by atoms with Gasteiger partial charge in [-0.2, -0.15) is 0 Å². The molecule has 0 aliphatic rings. The number of nitrogens with one attached hydrogen (secondary N) is 1. The van der Waals surface area contributed by atoms with E-state index >= 15 is 0 Å². The van der Waals surface area contributed by atoms with Crippen LogP contribution in [0.4, 0.5) is 4.39 Å². The Balaban J connectivity index is 2.08. The summed E-state index contributed by atoms with van der Waals surface area (Å²) in [6.45, 7) is 4.91.